The molecule has 0 bridgehead atoms. The maximum absolute atomic E-state index is 12.5. The van der Waals surface area contributed by atoms with Gasteiger partial charge >= 0.3 is 0 Å². The van der Waals surface area contributed by atoms with Crippen LogP contribution in [-0.4, -0.2) is 22.4 Å². The molecule has 0 spiro atoms. The summed E-state index contributed by atoms with van der Waals surface area (Å²) in [5, 5.41) is 3.33. The van der Waals surface area contributed by atoms with Crippen LogP contribution >= 0.6 is 0 Å². The summed E-state index contributed by atoms with van der Waals surface area (Å²) < 4.78 is 0. The average molecular weight is 336 g/mol. The molecule has 3 rings (SSSR count). The molecule has 1 amide bonds. The van der Waals surface area contributed by atoms with E-state index in [1.165, 1.54) is 0 Å². The van der Waals surface area contributed by atoms with E-state index < -0.39 is 11.5 Å². The molecule has 0 saturated carbocycles. The van der Waals surface area contributed by atoms with E-state index in [-0.39, 0.29) is 11.3 Å². The van der Waals surface area contributed by atoms with Crippen molar-refractivity contribution in [2.75, 3.05) is 12.3 Å². The molecule has 0 aliphatic carbocycles. The summed E-state index contributed by atoms with van der Waals surface area (Å²) >= 11 is 0. The van der Waals surface area contributed by atoms with Crippen LogP contribution in [0.15, 0.2) is 41.3 Å². The molecular weight excluding hydrogens is 316 g/mol. The number of nitrogens with one attached hydrogen (secondary N) is 2. The molecule has 0 aliphatic rings. The zero-order chi connectivity index (χ0) is 18.0. The number of pyridine rings is 2. The first-order chi connectivity index (χ1) is 12.0. The second-order valence-electron chi connectivity index (χ2n) is 5.90. The highest BCUT2D eigenvalue weighted by molar-refractivity contribution is 6.08. The number of amides is 1. The van der Waals surface area contributed by atoms with Crippen LogP contribution in [-0.2, 0) is 0 Å². The standard InChI is InChI=1S/C19H20N4O2/c1-3-9-22-18(24)14-15(20)12-7-4-8-13(17(12)23-19(14)25)16-11(2)6-5-10-21-16/h4-8,10H,3,9H2,1-2H3,(H,22,24)(H3,20,23,25). The molecule has 0 radical (unpaired) electrons. The molecule has 0 unspecified atom stereocenters. The fraction of sp³-hybridized carbons (Fsp3) is 0.211. The van der Waals surface area contributed by atoms with Gasteiger partial charge in [-0.05, 0) is 25.0 Å². The number of carbonyl (C=O) groups is 1. The van der Waals surface area contributed by atoms with E-state index in [9.17, 15) is 9.59 Å². The van der Waals surface area contributed by atoms with Gasteiger partial charge in [-0.25, -0.2) is 0 Å². The van der Waals surface area contributed by atoms with Crippen LogP contribution in [0.2, 0.25) is 0 Å². The predicted octanol–water partition coefficient (Wildman–Crippen LogP) is 2.62. The van der Waals surface area contributed by atoms with Crippen molar-refractivity contribution in [1.29, 1.82) is 0 Å². The maximum Gasteiger partial charge on any atom is 0.263 e. The molecule has 0 aliphatic heterocycles. The van der Waals surface area contributed by atoms with Gasteiger partial charge in [-0.15, -0.1) is 0 Å². The summed E-state index contributed by atoms with van der Waals surface area (Å²) in [7, 11) is 0. The number of nitrogens with two attached hydrogens (primary N) is 1. The quantitative estimate of drug-likeness (QED) is 0.681. The number of H-pyrrole nitrogens is 1. The van der Waals surface area contributed by atoms with Crippen LogP contribution in [0, 0.1) is 6.92 Å². The summed E-state index contributed by atoms with van der Waals surface area (Å²) in [5.41, 5.74) is 8.93. The van der Waals surface area contributed by atoms with Gasteiger partial charge < -0.3 is 16.0 Å². The van der Waals surface area contributed by atoms with Crippen LogP contribution in [0.1, 0.15) is 29.3 Å². The lowest BCUT2D eigenvalue weighted by atomic mass is 10.0. The number of aromatic amines is 1. The Kier molecular flexibility index (Phi) is 4.52. The molecule has 6 nitrogen and oxygen atoms in total. The van der Waals surface area contributed by atoms with Gasteiger partial charge in [0.2, 0.25) is 0 Å². The summed E-state index contributed by atoms with van der Waals surface area (Å²) in [5.74, 6) is -0.457. The number of benzene rings is 1. The molecule has 0 saturated heterocycles. The fourth-order valence-electron chi connectivity index (χ4n) is 2.86. The van der Waals surface area contributed by atoms with Crippen molar-refractivity contribution < 1.29 is 4.79 Å². The Morgan fingerprint density at radius 1 is 1.28 bits per heavy atom. The van der Waals surface area contributed by atoms with Gasteiger partial charge in [0.25, 0.3) is 11.5 Å². The lowest BCUT2D eigenvalue weighted by Gasteiger charge is -2.12. The number of hydrogen-bond donors (Lipinski definition) is 3. The van der Waals surface area contributed by atoms with Crippen LogP contribution in [0.3, 0.4) is 0 Å². The molecule has 128 valence electrons. The van der Waals surface area contributed by atoms with E-state index in [4.69, 9.17) is 5.73 Å². The first-order valence-corrected chi connectivity index (χ1v) is 8.19. The highest BCUT2D eigenvalue weighted by Gasteiger charge is 2.19. The molecule has 2 heterocycles. The van der Waals surface area contributed by atoms with Crippen LogP contribution < -0.4 is 16.6 Å². The number of carbonyl (C=O) groups excluding carboxylic acids is 1. The average Bonchev–Trinajstić information content (AvgIpc) is 2.60. The van der Waals surface area contributed by atoms with Crippen LogP contribution in [0.4, 0.5) is 5.69 Å². The molecule has 2 aromatic heterocycles. The summed E-state index contributed by atoms with van der Waals surface area (Å²) in [6.07, 6.45) is 2.48. The van der Waals surface area contributed by atoms with E-state index >= 15 is 0 Å². The van der Waals surface area contributed by atoms with Gasteiger partial charge in [0.15, 0.2) is 0 Å². The number of nitrogen functional groups attached to an aromatic ring is 1. The Morgan fingerprint density at radius 2 is 2.08 bits per heavy atom. The second-order valence-corrected chi connectivity index (χ2v) is 5.90. The Balaban J connectivity index is 2.24. The molecule has 1 aromatic carbocycles. The number of aryl methyl sites for hydroxylation is 1. The Morgan fingerprint density at radius 3 is 2.80 bits per heavy atom. The smallest absolute Gasteiger partial charge is 0.263 e. The third kappa shape index (κ3) is 2.98. The number of aromatic nitrogens is 2. The van der Waals surface area contributed by atoms with Gasteiger partial charge in [0.05, 0.1) is 16.9 Å². The molecule has 25 heavy (non-hydrogen) atoms. The summed E-state index contributed by atoms with van der Waals surface area (Å²) in [6.45, 7) is 4.38. The monoisotopic (exact) mass is 336 g/mol. The van der Waals surface area contributed by atoms with Crippen LogP contribution in [0.5, 0.6) is 0 Å². The maximum atomic E-state index is 12.5. The van der Waals surface area contributed by atoms with Gasteiger partial charge in [0.1, 0.15) is 5.56 Å². The Bertz CT molecular complexity index is 1010. The van der Waals surface area contributed by atoms with Gasteiger partial charge in [0, 0.05) is 23.7 Å². The summed E-state index contributed by atoms with van der Waals surface area (Å²) in [6, 6.07) is 9.32. The first-order valence-electron chi connectivity index (χ1n) is 8.19. The summed E-state index contributed by atoms with van der Waals surface area (Å²) in [4.78, 5) is 32.0. The lowest BCUT2D eigenvalue weighted by Crippen LogP contribution is -2.31. The van der Waals surface area contributed by atoms with Crippen molar-refractivity contribution in [1.82, 2.24) is 15.3 Å². The van der Waals surface area contributed by atoms with Crippen molar-refractivity contribution in [3.63, 3.8) is 0 Å². The van der Waals surface area contributed by atoms with E-state index in [0.717, 1.165) is 23.2 Å². The third-order valence-corrected chi connectivity index (χ3v) is 4.12. The molecule has 3 aromatic rings. The van der Waals surface area contributed by atoms with Gasteiger partial charge in [-0.3, -0.25) is 14.6 Å². The topological polar surface area (TPSA) is 101 Å². The highest BCUT2D eigenvalue weighted by atomic mass is 16.2. The highest BCUT2D eigenvalue weighted by Crippen LogP contribution is 2.30. The number of para-hydroxylation sites is 1. The first kappa shape index (κ1) is 16.7. The zero-order valence-corrected chi connectivity index (χ0v) is 14.2. The van der Waals surface area contributed by atoms with Crippen molar-refractivity contribution in [2.45, 2.75) is 20.3 Å². The Hall–Kier alpha value is -3.15. The molecule has 0 atom stereocenters. The zero-order valence-electron chi connectivity index (χ0n) is 14.2. The largest absolute Gasteiger partial charge is 0.397 e. The molecule has 4 N–H and O–H groups in total. The minimum Gasteiger partial charge on any atom is -0.397 e. The van der Waals surface area contributed by atoms with E-state index in [2.05, 4.69) is 15.3 Å². The van der Waals surface area contributed by atoms with Gasteiger partial charge in [-0.1, -0.05) is 31.2 Å². The molecular formula is C19H20N4O2. The van der Waals surface area contributed by atoms with E-state index in [1.54, 1.807) is 12.3 Å². The number of anilines is 1. The minimum atomic E-state index is -0.500. The van der Waals surface area contributed by atoms with Crippen LogP contribution in [0.25, 0.3) is 22.2 Å². The minimum absolute atomic E-state index is 0.0455. The SMILES string of the molecule is CCCNC(=O)c1c(N)c2cccc(-c3ncccc3C)c2[nH]c1=O. The number of rotatable bonds is 4. The van der Waals surface area contributed by atoms with Crippen molar-refractivity contribution in [3.8, 4) is 11.3 Å². The molecule has 6 heteroatoms. The molecule has 0 fully saturated rings. The predicted molar refractivity (Wildman–Crippen MR) is 99.6 cm³/mol. The van der Waals surface area contributed by atoms with E-state index in [0.29, 0.717) is 17.4 Å². The number of hydrogen-bond acceptors (Lipinski definition) is 4. The number of nitrogens with zero attached hydrogens (tertiary/aromatic N) is 1. The normalized spacial score (nSPS) is 10.8. The Labute approximate surface area is 145 Å². The second kappa shape index (κ2) is 6.76. The van der Waals surface area contributed by atoms with Crippen molar-refractivity contribution in [3.05, 3.63) is 58.0 Å². The van der Waals surface area contributed by atoms with E-state index in [1.807, 2.05) is 38.1 Å². The van der Waals surface area contributed by atoms with Crippen molar-refractivity contribution in [2.24, 2.45) is 0 Å². The fourth-order valence-corrected chi connectivity index (χ4v) is 2.86. The van der Waals surface area contributed by atoms with Crippen molar-refractivity contribution >= 4 is 22.5 Å². The van der Waals surface area contributed by atoms with Gasteiger partial charge in [-0.2, -0.15) is 0 Å². The lowest BCUT2D eigenvalue weighted by molar-refractivity contribution is 0.0953. The third-order valence-electron chi connectivity index (χ3n) is 4.12. The number of fused-ring (bicyclic) bond motifs is 1.